The molecule has 0 bridgehead atoms. The fourth-order valence-corrected chi connectivity index (χ4v) is 1.83. The molecule has 5 nitrogen and oxygen atoms in total. The Morgan fingerprint density at radius 3 is 2.08 bits per heavy atom. The van der Waals surface area contributed by atoms with Crippen LogP contribution in [0, 0.1) is 0 Å². The van der Waals surface area contributed by atoms with Gasteiger partial charge in [0.1, 0.15) is 0 Å². The molecular formula is C18H29ClN2O3. The van der Waals surface area contributed by atoms with E-state index < -0.39 is 0 Å². The molecule has 136 valence electrons. The molecule has 0 spiro atoms. The summed E-state index contributed by atoms with van der Waals surface area (Å²) in [5.41, 5.74) is 0.535. The molecule has 0 fully saturated rings. The SMILES string of the molecule is CCOC(OCC)N(C)C.CN(C)C=CC(=O)c1ccccc1Cl. The molecule has 6 heteroatoms. The molecule has 1 aromatic rings. The quantitative estimate of drug-likeness (QED) is 0.405. The van der Waals surface area contributed by atoms with Crippen LogP contribution in [-0.4, -0.2) is 63.4 Å². The summed E-state index contributed by atoms with van der Waals surface area (Å²) in [5, 5.41) is 0.487. The van der Waals surface area contributed by atoms with E-state index in [4.69, 9.17) is 21.1 Å². The molecule has 24 heavy (non-hydrogen) atoms. The van der Waals surface area contributed by atoms with E-state index in [1.54, 1.807) is 35.4 Å². The van der Waals surface area contributed by atoms with E-state index in [0.29, 0.717) is 23.8 Å². The lowest BCUT2D eigenvalue weighted by molar-refractivity contribution is -0.206. The third kappa shape index (κ3) is 9.67. The van der Waals surface area contributed by atoms with Crippen LogP contribution in [0.15, 0.2) is 36.5 Å². The summed E-state index contributed by atoms with van der Waals surface area (Å²) < 4.78 is 10.5. The lowest BCUT2D eigenvalue weighted by Crippen LogP contribution is -2.33. The number of ketones is 1. The van der Waals surface area contributed by atoms with Gasteiger partial charge in [0.2, 0.25) is 6.41 Å². The minimum Gasteiger partial charge on any atom is -0.383 e. The summed E-state index contributed by atoms with van der Waals surface area (Å²) in [6.07, 6.45) is 3.02. The van der Waals surface area contributed by atoms with Gasteiger partial charge in [0, 0.05) is 45.1 Å². The standard InChI is InChI=1S/C11H12ClNO.C7H17NO2/c1-13(2)8-7-11(14)9-5-3-4-6-10(9)12;1-5-9-7(8(3)4)10-6-2/h3-8H,1-2H3;7H,5-6H2,1-4H3. The van der Waals surface area contributed by atoms with Gasteiger partial charge in [0.05, 0.1) is 5.02 Å². The van der Waals surface area contributed by atoms with Crippen molar-refractivity contribution in [3.8, 4) is 0 Å². The number of rotatable bonds is 8. The molecule has 0 aliphatic rings. The molecule has 0 aromatic heterocycles. The van der Waals surface area contributed by atoms with Crippen LogP contribution in [0.25, 0.3) is 0 Å². The zero-order chi connectivity index (χ0) is 18.5. The number of ether oxygens (including phenoxy) is 2. The zero-order valence-corrected chi connectivity index (χ0v) is 16.2. The van der Waals surface area contributed by atoms with E-state index >= 15 is 0 Å². The van der Waals surface area contributed by atoms with Gasteiger partial charge in [-0.05, 0) is 40.1 Å². The van der Waals surface area contributed by atoms with Crippen molar-refractivity contribution in [2.45, 2.75) is 20.3 Å². The highest BCUT2D eigenvalue weighted by Gasteiger charge is 2.08. The van der Waals surface area contributed by atoms with Gasteiger partial charge in [0.25, 0.3) is 0 Å². The number of halogens is 1. The number of carbonyl (C=O) groups is 1. The molecule has 0 aliphatic carbocycles. The number of carbonyl (C=O) groups excluding carboxylic acids is 1. The van der Waals surface area contributed by atoms with Crippen molar-refractivity contribution in [2.24, 2.45) is 0 Å². The summed E-state index contributed by atoms with van der Waals surface area (Å²) in [6, 6.07) is 7.01. The fourth-order valence-electron chi connectivity index (χ4n) is 1.60. The largest absolute Gasteiger partial charge is 0.383 e. The molecule has 0 N–H and O–H groups in total. The minimum atomic E-state index is -0.185. The van der Waals surface area contributed by atoms with Crippen LogP contribution in [0.2, 0.25) is 5.02 Å². The molecule has 0 saturated heterocycles. The Balaban J connectivity index is 0.000000470. The van der Waals surface area contributed by atoms with Crippen molar-refractivity contribution in [1.82, 2.24) is 9.80 Å². The Labute approximate surface area is 150 Å². The number of hydrogen-bond donors (Lipinski definition) is 0. The van der Waals surface area contributed by atoms with Crippen LogP contribution < -0.4 is 0 Å². The zero-order valence-electron chi connectivity index (χ0n) is 15.5. The van der Waals surface area contributed by atoms with Gasteiger partial charge in [-0.1, -0.05) is 23.7 Å². The third-order valence-corrected chi connectivity index (χ3v) is 3.03. The predicted octanol–water partition coefficient (Wildman–Crippen LogP) is 3.50. The smallest absolute Gasteiger partial charge is 0.218 e. The van der Waals surface area contributed by atoms with Crippen molar-refractivity contribution < 1.29 is 14.3 Å². The van der Waals surface area contributed by atoms with Crippen molar-refractivity contribution in [1.29, 1.82) is 0 Å². The topological polar surface area (TPSA) is 42.0 Å². The summed E-state index contributed by atoms with van der Waals surface area (Å²) in [4.78, 5) is 15.3. The first-order chi connectivity index (χ1) is 11.3. The van der Waals surface area contributed by atoms with E-state index in [0.717, 1.165) is 0 Å². The first-order valence-electron chi connectivity index (χ1n) is 7.86. The number of nitrogens with zero attached hydrogens (tertiary/aromatic N) is 2. The number of benzene rings is 1. The highest BCUT2D eigenvalue weighted by atomic mass is 35.5. The first-order valence-corrected chi connectivity index (χ1v) is 8.24. The highest BCUT2D eigenvalue weighted by molar-refractivity contribution is 6.34. The van der Waals surface area contributed by atoms with E-state index in [2.05, 4.69) is 0 Å². The predicted molar refractivity (Wildman–Crippen MR) is 99.3 cm³/mol. The van der Waals surface area contributed by atoms with Gasteiger partial charge < -0.3 is 14.4 Å². The second-order valence-corrected chi connectivity index (χ2v) is 5.71. The van der Waals surface area contributed by atoms with Gasteiger partial charge in [-0.15, -0.1) is 0 Å². The summed E-state index contributed by atoms with van der Waals surface area (Å²) >= 11 is 5.87. The molecule has 0 amide bonds. The Kier molecular flexibility index (Phi) is 12.2. The molecule has 0 saturated carbocycles. The lowest BCUT2D eigenvalue weighted by Gasteiger charge is -2.22. The van der Waals surface area contributed by atoms with Gasteiger partial charge in [-0.3, -0.25) is 9.69 Å². The molecule has 1 aromatic carbocycles. The number of hydrogen-bond acceptors (Lipinski definition) is 5. The van der Waals surface area contributed by atoms with Crippen LogP contribution in [0.5, 0.6) is 0 Å². The lowest BCUT2D eigenvalue weighted by atomic mass is 10.1. The molecular weight excluding hydrogens is 328 g/mol. The van der Waals surface area contributed by atoms with Crippen molar-refractivity contribution in [3.05, 3.63) is 47.1 Å². The Morgan fingerprint density at radius 2 is 1.67 bits per heavy atom. The van der Waals surface area contributed by atoms with Crippen LogP contribution in [0.1, 0.15) is 24.2 Å². The van der Waals surface area contributed by atoms with E-state index in [1.807, 2.05) is 46.9 Å². The van der Waals surface area contributed by atoms with Gasteiger partial charge in [-0.25, -0.2) is 0 Å². The fraction of sp³-hybridized carbons (Fsp3) is 0.500. The van der Waals surface area contributed by atoms with E-state index in [1.165, 1.54) is 6.08 Å². The summed E-state index contributed by atoms with van der Waals surface area (Å²) in [7, 11) is 7.57. The third-order valence-electron chi connectivity index (χ3n) is 2.70. The van der Waals surface area contributed by atoms with Crippen LogP contribution >= 0.6 is 11.6 Å². The monoisotopic (exact) mass is 356 g/mol. The molecule has 0 aliphatic heterocycles. The van der Waals surface area contributed by atoms with Crippen LogP contribution in [0.4, 0.5) is 0 Å². The maximum Gasteiger partial charge on any atom is 0.218 e. The van der Waals surface area contributed by atoms with Crippen molar-refractivity contribution in [3.63, 3.8) is 0 Å². The summed E-state index contributed by atoms with van der Waals surface area (Å²) in [6.45, 7) is 5.27. The average Bonchev–Trinajstić information content (AvgIpc) is 2.53. The average molecular weight is 357 g/mol. The highest BCUT2D eigenvalue weighted by Crippen LogP contribution is 2.15. The normalized spacial score (nSPS) is 10.9. The second-order valence-electron chi connectivity index (χ2n) is 5.30. The Bertz CT molecular complexity index is 499. The van der Waals surface area contributed by atoms with Crippen molar-refractivity contribution >= 4 is 17.4 Å². The summed E-state index contributed by atoms with van der Waals surface area (Å²) in [5.74, 6) is -0.0794. The second kappa shape index (κ2) is 13.0. The van der Waals surface area contributed by atoms with Gasteiger partial charge in [0.15, 0.2) is 5.78 Å². The molecule has 0 radical (unpaired) electrons. The molecule has 0 heterocycles. The number of allylic oxidation sites excluding steroid dienone is 1. The Hall–Kier alpha value is -1.40. The van der Waals surface area contributed by atoms with E-state index in [-0.39, 0.29) is 12.2 Å². The molecule has 0 atom stereocenters. The first kappa shape index (κ1) is 22.6. The van der Waals surface area contributed by atoms with Gasteiger partial charge in [-0.2, -0.15) is 0 Å². The Morgan fingerprint density at radius 1 is 1.12 bits per heavy atom. The minimum absolute atomic E-state index is 0.0794. The maximum absolute atomic E-state index is 11.6. The maximum atomic E-state index is 11.6. The van der Waals surface area contributed by atoms with Crippen molar-refractivity contribution in [2.75, 3.05) is 41.4 Å². The molecule has 1 rings (SSSR count). The molecule has 0 unspecified atom stereocenters. The van der Waals surface area contributed by atoms with Crippen LogP contribution in [0.3, 0.4) is 0 Å². The van der Waals surface area contributed by atoms with Gasteiger partial charge >= 0.3 is 0 Å². The van der Waals surface area contributed by atoms with Crippen LogP contribution in [-0.2, 0) is 9.47 Å². The van der Waals surface area contributed by atoms with E-state index in [9.17, 15) is 4.79 Å².